The normalized spacial score (nSPS) is 19.7. The van der Waals surface area contributed by atoms with Crippen molar-refractivity contribution in [2.24, 2.45) is 5.73 Å². The van der Waals surface area contributed by atoms with E-state index in [0.717, 1.165) is 24.7 Å². The van der Waals surface area contributed by atoms with E-state index in [1.165, 1.54) is 5.56 Å². The molecule has 1 aliphatic rings. The maximum Gasteiger partial charge on any atom is 0.0608 e. The van der Waals surface area contributed by atoms with Crippen LogP contribution in [0.1, 0.15) is 24.2 Å². The summed E-state index contributed by atoms with van der Waals surface area (Å²) >= 11 is 7.85. The minimum absolute atomic E-state index is 0.182. The minimum Gasteiger partial charge on any atom is -0.379 e. The first-order chi connectivity index (χ1) is 8.20. The van der Waals surface area contributed by atoms with Gasteiger partial charge in [0.25, 0.3) is 0 Å². The third-order valence-corrected chi connectivity index (χ3v) is 4.83. The lowest BCUT2D eigenvalue weighted by Crippen LogP contribution is -2.34. The lowest BCUT2D eigenvalue weighted by atomic mass is 10.0. The smallest absolute Gasteiger partial charge is 0.0608 e. The molecule has 1 aliphatic heterocycles. The molecule has 0 aromatic heterocycles. The third-order valence-electron chi connectivity index (χ3n) is 3.01. The molecule has 2 nitrogen and oxygen atoms in total. The number of rotatable bonds is 5. The Morgan fingerprint density at radius 1 is 1.41 bits per heavy atom. The van der Waals surface area contributed by atoms with Gasteiger partial charge in [0.15, 0.2) is 0 Å². The van der Waals surface area contributed by atoms with Crippen LogP contribution in [0.15, 0.2) is 24.3 Å². The second-order valence-corrected chi connectivity index (χ2v) is 6.22. The van der Waals surface area contributed by atoms with E-state index in [2.05, 4.69) is 19.1 Å². The van der Waals surface area contributed by atoms with Crippen LogP contribution in [-0.4, -0.2) is 24.5 Å². The molecule has 1 aromatic rings. The SMILES string of the molecule is CCC(N)C(SC1COC1)c1ccc(Cl)cc1. The molecule has 1 saturated heterocycles. The summed E-state index contributed by atoms with van der Waals surface area (Å²) in [5.74, 6) is 0. The third kappa shape index (κ3) is 3.38. The second kappa shape index (κ2) is 6.10. The van der Waals surface area contributed by atoms with Crippen LogP contribution in [0.3, 0.4) is 0 Å². The Morgan fingerprint density at radius 3 is 2.53 bits per heavy atom. The number of hydrogen-bond donors (Lipinski definition) is 1. The summed E-state index contributed by atoms with van der Waals surface area (Å²) in [7, 11) is 0. The quantitative estimate of drug-likeness (QED) is 0.893. The van der Waals surface area contributed by atoms with Crippen molar-refractivity contribution in [1.82, 2.24) is 0 Å². The molecular formula is C13H18ClNOS. The molecule has 2 rings (SSSR count). The number of hydrogen-bond acceptors (Lipinski definition) is 3. The largest absolute Gasteiger partial charge is 0.379 e. The summed E-state index contributed by atoms with van der Waals surface area (Å²) in [5.41, 5.74) is 7.48. The van der Waals surface area contributed by atoms with Gasteiger partial charge in [-0.3, -0.25) is 0 Å². The van der Waals surface area contributed by atoms with Crippen LogP contribution in [0.5, 0.6) is 0 Å². The summed E-state index contributed by atoms with van der Waals surface area (Å²) in [5, 5.41) is 1.70. The monoisotopic (exact) mass is 271 g/mol. The van der Waals surface area contributed by atoms with E-state index in [1.54, 1.807) is 0 Å². The summed E-state index contributed by atoms with van der Waals surface area (Å²) < 4.78 is 5.22. The van der Waals surface area contributed by atoms with Crippen LogP contribution in [0.25, 0.3) is 0 Å². The van der Waals surface area contributed by atoms with Crippen molar-refractivity contribution in [2.45, 2.75) is 29.9 Å². The highest BCUT2D eigenvalue weighted by atomic mass is 35.5. The second-order valence-electron chi connectivity index (χ2n) is 4.34. The first-order valence-corrected chi connectivity index (χ1v) is 7.27. The summed E-state index contributed by atoms with van der Waals surface area (Å²) in [6.45, 7) is 3.84. The van der Waals surface area contributed by atoms with Gasteiger partial charge in [0, 0.05) is 16.3 Å². The molecule has 4 heteroatoms. The zero-order chi connectivity index (χ0) is 12.3. The summed E-state index contributed by atoms with van der Waals surface area (Å²) in [6, 6.07) is 8.21. The van der Waals surface area contributed by atoms with Crippen LogP contribution in [0.2, 0.25) is 5.02 Å². The Hall–Kier alpha value is -0.220. The van der Waals surface area contributed by atoms with E-state index < -0.39 is 0 Å². The topological polar surface area (TPSA) is 35.2 Å². The van der Waals surface area contributed by atoms with Crippen LogP contribution in [0, 0.1) is 0 Å². The lowest BCUT2D eigenvalue weighted by molar-refractivity contribution is 0.0452. The molecule has 2 N–H and O–H groups in total. The van der Waals surface area contributed by atoms with Gasteiger partial charge in [0.1, 0.15) is 0 Å². The minimum atomic E-state index is 0.182. The number of benzene rings is 1. The van der Waals surface area contributed by atoms with Crippen molar-refractivity contribution in [3.63, 3.8) is 0 Å². The fraction of sp³-hybridized carbons (Fsp3) is 0.538. The van der Waals surface area contributed by atoms with Gasteiger partial charge in [-0.25, -0.2) is 0 Å². The molecule has 2 atom stereocenters. The molecular weight excluding hydrogens is 254 g/mol. The highest BCUT2D eigenvalue weighted by Crippen LogP contribution is 2.38. The van der Waals surface area contributed by atoms with Crippen molar-refractivity contribution in [3.8, 4) is 0 Å². The van der Waals surface area contributed by atoms with Crippen molar-refractivity contribution >= 4 is 23.4 Å². The van der Waals surface area contributed by atoms with E-state index in [-0.39, 0.29) is 6.04 Å². The number of thioether (sulfide) groups is 1. The zero-order valence-electron chi connectivity index (χ0n) is 9.93. The number of halogens is 1. The highest BCUT2D eigenvalue weighted by molar-refractivity contribution is 8.00. The molecule has 1 fully saturated rings. The molecule has 0 spiro atoms. The van der Waals surface area contributed by atoms with Crippen molar-refractivity contribution in [2.75, 3.05) is 13.2 Å². The molecule has 0 amide bonds. The molecule has 94 valence electrons. The maximum absolute atomic E-state index is 6.22. The van der Waals surface area contributed by atoms with Gasteiger partial charge in [-0.15, -0.1) is 11.8 Å². The Kier molecular flexibility index (Phi) is 4.74. The summed E-state index contributed by atoms with van der Waals surface area (Å²) in [4.78, 5) is 0. The molecule has 0 aliphatic carbocycles. The Morgan fingerprint density at radius 2 is 2.06 bits per heavy atom. The van der Waals surface area contributed by atoms with E-state index in [4.69, 9.17) is 22.1 Å². The average Bonchev–Trinajstić information content (AvgIpc) is 2.29. The first-order valence-electron chi connectivity index (χ1n) is 5.95. The number of ether oxygens (including phenoxy) is 1. The van der Waals surface area contributed by atoms with E-state index in [0.29, 0.717) is 10.5 Å². The van der Waals surface area contributed by atoms with E-state index >= 15 is 0 Å². The first kappa shape index (κ1) is 13.2. The average molecular weight is 272 g/mol. The fourth-order valence-electron chi connectivity index (χ4n) is 1.79. The van der Waals surface area contributed by atoms with Gasteiger partial charge < -0.3 is 10.5 Å². The van der Waals surface area contributed by atoms with E-state index in [9.17, 15) is 0 Å². The Labute approximate surface area is 112 Å². The predicted molar refractivity (Wildman–Crippen MR) is 74.7 cm³/mol. The van der Waals surface area contributed by atoms with Crippen molar-refractivity contribution in [3.05, 3.63) is 34.9 Å². The summed E-state index contributed by atoms with van der Waals surface area (Å²) in [6.07, 6.45) is 0.980. The number of nitrogens with two attached hydrogens (primary N) is 1. The van der Waals surface area contributed by atoms with Gasteiger partial charge >= 0.3 is 0 Å². The van der Waals surface area contributed by atoms with Crippen molar-refractivity contribution in [1.29, 1.82) is 0 Å². The maximum atomic E-state index is 6.22. The molecule has 0 bridgehead atoms. The molecule has 1 aromatic carbocycles. The van der Waals surface area contributed by atoms with Gasteiger partial charge in [-0.2, -0.15) is 0 Å². The van der Waals surface area contributed by atoms with Crippen LogP contribution < -0.4 is 5.73 Å². The zero-order valence-corrected chi connectivity index (χ0v) is 11.5. The van der Waals surface area contributed by atoms with Crippen LogP contribution >= 0.6 is 23.4 Å². The Balaban J connectivity index is 2.10. The van der Waals surface area contributed by atoms with Gasteiger partial charge in [-0.1, -0.05) is 30.7 Å². The standard InChI is InChI=1S/C13H18ClNOS/c1-2-12(15)13(17-11-7-16-8-11)9-3-5-10(14)6-4-9/h3-6,11-13H,2,7-8,15H2,1H3. The molecule has 0 radical (unpaired) electrons. The van der Waals surface area contributed by atoms with Gasteiger partial charge in [0.2, 0.25) is 0 Å². The van der Waals surface area contributed by atoms with Crippen LogP contribution in [-0.2, 0) is 4.74 Å². The predicted octanol–water partition coefficient (Wildman–Crippen LogP) is 3.25. The van der Waals surface area contributed by atoms with Crippen LogP contribution in [0.4, 0.5) is 0 Å². The molecule has 1 heterocycles. The fourth-order valence-corrected chi connectivity index (χ4v) is 3.39. The molecule has 2 unspecified atom stereocenters. The van der Waals surface area contributed by atoms with E-state index in [1.807, 2.05) is 23.9 Å². The Bertz CT molecular complexity index is 353. The van der Waals surface area contributed by atoms with Crippen molar-refractivity contribution < 1.29 is 4.74 Å². The van der Waals surface area contributed by atoms with Gasteiger partial charge in [-0.05, 0) is 24.1 Å². The molecule has 0 saturated carbocycles. The molecule has 17 heavy (non-hydrogen) atoms. The highest BCUT2D eigenvalue weighted by Gasteiger charge is 2.27. The lowest BCUT2D eigenvalue weighted by Gasteiger charge is -2.32. The van der Waals surface area contributed by atoms with Gasteiger partial charge in [0.05, 0.1) is 18.5 Å².